The molecule has 0 aliphatic heterocycles. The summed E-state index contributed by atoms with van der Waals surface area (Å²) in [5, 5.41) is 2.51. The number of ether oxygens (including phenoxy) is 1. The number of rotatable bonds is 2. The van der Waals surface area contributed by atoms with Gasteiger partial charge >= 0.3 is 0 Å². The summed E-state index contributed by atoms with van der Waals surface area (Å²) in [6.07, 6.45) is 1.56. The van der Waals surface area contributed by atoms with Gasteiger partial charge < -0.3 is 10.1 Å². The first-order valence-electron chi connectivity index (χ1n) is 4.79. The zero-order chi connectivity index (χ0) is 11.5. The lowest BCUT2D eigenvalue weighted by molar-refractivity contribution is 0.0954. The van der Waals surface area contributed by atoms with Crippen LogP contribution in [0.1, 0.15) is 31.3 Å². The topological polar surface area (TPSA) is 51.2 Å². The minimum Gasteiger partial charge on any atom is -0.488 e. The van der Waals surface area contributed by atoms with Crippen LogP contribution in [0, 0.1) is 0 Å². The summed E-state index contributed by atoms with van der Waals surface area (Å²) in [4.78, 5) is 15.3. The third-order valence-corrected chi connectivity index (χ3v) is 1.62. The number of hydrogen-bond acceptors (Lipinski definition) is 3. The van der Waals surface area contributed by atoms with E-state index in [2.05, 4.69) is 10.3 Å². The Hall–Kier alpha value is -1.58. The molecule has 0 aromatic carbocycles. The molecule has 82 valence electrons. The van der Waals surface area contributed by atoms with Gasteiger partial charge in [-0.15, -0.1) is 0 Å². The highest BCUT2D eigenvalue weighted by molar-refractivity contribution is 5.92. The number of aromatic nitrogens is 1. The van der Waals surface area contributed by atoms with Crippen molar-refractivity contribution in [1.82, 2.24) is 10.3 Å². The molecular formula is C11H16N2O2. The molecule has 0 fully saturated rings. The molecule has 1 N–H and O–H groups in total. The van der Waals surface area contributed by atoms with Gasteiger partial charge in [0.2, 0.25) is 0 Å². The number of carbonyl (C=O) groups excluding carboxylic acids is 1. The Labute approximate surface area is 89.7 Å². The predicted molar refractivity (Wildman–Crippen MR) is 58.0 cm³/mol. The van der Waals surface area contributed by atoms with E-state index in [-0.39, 0.29) is 11.5 Å². The smallest absolute Gasteiger partial charge is 0.269 e. The number of nitrogens with one attached hydrogen (secondary N) is 1. The van der Waals surface area contributed by atoms with Crippen LogP contribution in [-0.4, -0.2) is 23.5 Å². The van der Waals surface area contributed by atoms with E-state index in [1.54, 1.807) is 25.4 Å². The molecule has 0 unspecified atom stereocenters. The molecule has 1 rings (SSSR count). The molecule has 0 aliphatic rings. The molecule has 1 amide bonds. The Kier molecular flexibility index (Phi) is 3.29. The number of amides is 1. The van der Waals surface area contributed by atoms with Gasteiger partial charge in [-0.1, -0.05) is 0 Å². The van der Waals surface area contributed by atoms with Gasteiger partial charge in [0.25, 0.3) is 5.91 Å². The highest BCUT2D eigenvalue weighted by atomic mass is 16.5. The maximum Gasteiger partial charge on any atom is 0.269 e. The average molecular weight is 208 g/mol. The van der Waals surface area contributed by atoms with Crippen molar-refractivity contribution in [3.63, 3.8) is 0 Å². The Balaban J connectivity index is 2.88. The molecule has 1 aromatic heterocycles. The molecule has 0 aliphatic carbocycles. The van der Waals surface area contributed by atoms with Crippen molar-refractivity contribution in [3.8, 4) is 5.75 Å². The highest BCUT2D eigenvalue weighted by Gasteiger charge is 2.13. The van der Waals surface area contributed by atoms with Crippen molar-refractivity contribution < 1.29 is 9.53 Å². The maximum atomic E-state index is 11.3. The number of pyridine rings is 1. The van der Waals surface area contributed by atoms with Crippen molar-refractivity contribution in [2.45, 2.75) is 26.4 Å². The second-order valence-electron chi connectivity index (χ2n) is 4.17. The Morgan fingerprint density at radius 2 is 2.13 bits per heavy atom. The fraction of sp³-hybridized carbons (Fsp3) is 0.455. The first kappa shape index (κ1) is 11.5. The van der Waals surface area contributed by atoms with Crippen LogP contribution in [0.4, 0.5) is 0 Å². The number of nitrogens with zero attached hydrogens (tertiary/aromatic N) is 1. The van der Waals surface area contributed by atoms with Crippen LogP contribution in [0.15, 0.2) is 18.3 Å². The quantitative estimate of drug-likeness (QED) is 0.803. The van der Waals surface area contributed by atoms with Crippen molar-refractivity contribution in [2.75, 3.05) is 7.05 Å². The SMILES string of the molecule is CNC(=O)c1cc(OC(C)(C)C)ccn1. The first-order chi connectivity index (χ1) is 6.92. The van der Waals surface area contributed by atoms with Gasteiger partial charge in [-0.2, -0.15) is 0 Å². The highest BCUT2D eigenvalue weighted by Crippen LogP contribution is 2.17. The molecule has 0 spiro atoms. The Morgan fingerprint density at radius 3 is 2.67 bits per heavy atom. The van der Waals surface area contributed by atoms with Gasteiger partial charge in [-0.05, 0) is 26.8 Å². The van der Waals surface area contributed by atoms with E-state index < -0.39 is 0 Å². The van der Waals surface area contributed by atoms with Crippen molar-refractivity contribution >= 4 is 5.91 Å². The largest absolute Gasteiger partial charge is 0.488 e. The summed E-state index contributed by atoms with van der Waals surface area (Å²) in [6, 6.07) is 3.36. The molecular weight excluding hydrogens is 192 g/mol. The maximum absolute atomic E-state index is 11.3. The lowest BCUT2D eigenvalue weighted by Gasteiger charge is -2.21. The third kappa shape index (κ3) is 3.58. The lowest BCUT2D eigenvalue weighted by Crippen LogP contribution is -2.24. The molecule has 1 aromatic rings. The van der Waals surface area contributed by atoms with Crippen LogP contribution in [0.5, 0.6) is 5.75 Å². The van der Waals surface area contributed by atoms with Crippen LogP contribution >= 0.6 is 0 Å². The fourth-order valence-corrected chi connectivity index (χ4v) is 1.08. The summed E-state index contributed by atoms with van der Waals surface area (Å²) < 4.78 is 5.62. The monoisotopic (exact) mass is 208 g/mol. The van der Waals surface area contributed by atoms with Crippen LogP contribution in [0.25, 0.3) is 0 Å². The summed E-state index contributed by atoms with van der Waals surface area (Å²) in [7, 11) is 1.57. The van der Waals surface area contributed by atoms with E-state index in [9.17, 15) is 4.79 Å². The van der Waals surface area contributed by atoms with E-state index in [0.717, 1.165) is 0 Å². The predicted octanol–water partition coefficient (Wildman–Crippen LogP) is 1.62. The van der Waals surface area contributed by atoms with Gasteiger partial charge in [0.15, 0.2) is 0 Å². The summed E-state index contributed by atoms with van der Waals surface area (Å²) in [5.74, 6) is 0.436. The van der Waals surface area contributed by atoms with E-state index in [1.807, 2.05) is 20.8 Å². The lowest BCUT2D eigenvalue weighted by atomic mass is 10.2. The Morgan fingerprint density at radius 1 is 1.47 bits per heavy atom. The minimum atomic E-state index is -0.276. The summed E-state index contributed by atoms with van der Waals surface area (Å²) in [6.45, 7) is 5.85. The van der Waals surface area contributed by atoms with Crippen molar-refractivity contribution in [1.29, 1.82) is 0 Å². The van der Waals surface area contributed by atoms with Gasteiger partial charge in [-0.3, -0.25) is 9.78 Å². The molecule has 4 nitrogen and oxygen atoms in total. The zero-order valence-corrected chi connectivity index (χ0v) is 9.50. The molecule has 0 saturated carbocycles. The third-order valence-electron chi connectivity index (χ3n) is 1.62. The van der Waals surface area contributed by atoms with Crippen LogP contribution in [0.2, 0.25) is 0 Å². The second kappa shape index (κ2) is 4.29. The van der Waals surface area contributed by atoms with Gasteiger partial charge in [0, 0.05) is 19.3 Å². The van der Waals surface area contributed by atoms with Crippen LogP contribution in [-0.2, 0) is 0 Å². The second-order valence-corrected chi connectivity index (χ2v) is 4.17. The van der Waals surface area contributed by atoms with Gasteiger partial charge in [0.05, 0.1) is 0 Å². The number of carbonyl (C=O) groups is 1. The first-order valence-corrected chi connectivity index (χ1v) is 4.79. The van der Waals surface area contributed by atoms with E-state index >= 15 is 0 Å². The molecule has 0 bridgehead atoms. The van der Waals surface area contributed by atoms with Crippen LogP contribution in [0.3, 0.4) is 0 Å². The van der Waals surface area contributed by atoms with E-state index in [0.29, 0.717) is 11.4 Å². The van der Waals surface area contributed by atoms with Gasteiger partial charge in [0.1, 0.15) is 17.0 Å². The zero-order valence-electron chi connectivity index (χ0n) is 9.50. The molecule has 0 radical (unpaired) electrons. The fourth-order valence-electron chi connectivity index (χ4n) is 1.08. The van der Waals surface area contributed by atoms with Crippen LogP contribution < -0.4 is 10.1 Å². The number of hydrogen-bond donors (Lipinski definition) is 1. The molecule has 0 saturated heterocycles. The molecule has 15 heavy (non-hydrogen) atoms. The van der Waals surface area contributed by atoms with Gasteiger partial charge in [-0.25, -0.2) is 0 Å². The Bertz CT molecular complexity index is 356. The summed E-state index contributed by atoms with van der Waals surface area (Å²) in [5.41, 5.74) is 0.0839. The molecule has 1 heterocycles. The van der Waals surface area contributed by atoms with E-state index in [4.69, 9.17) is 4.74 Å². The minimum absolute atomic E-state index is 0.214. The summed E-state index contributed by atoms with van der Waals surface area (Å²) >= 11 is 0. The molecule has 4 heteroatoms. The molecule has 0 atom stereocenters. The normalized spacial score (nSPS) is 10.9. The standard InChI is InChI=1S/C11H16N2O2/c1-11(2,3)15-8-5-6-13-9(7-8)10(14)12-4/h5-7H,1-4H3,(H,12,14). The van der Waals surface area contributed by atoms with Crippen molar-refractivity contribution in [3.05, 3.63) is 24.0 Å². The van der Waals surface area contributed by atoms with Crippen molar-refractivity contribution in [2.24, 2.45) is 0 Å². The van der Waals surface area contributed by atoms with E-state index in [1.165, 1.54) is 0 Å². The average Bonchev–Trinajstić information content (AvgIpc) is 2.14.